The van der Waals surface area contributed by atoms with Gasteiger partial charge in [0.25, 0.3) is 0 Å². The van der Waals surface area contributed by atoms with Crippen molar-refractivity contribution in [1.82, 2.24) is 14.7 Å². The lowest BCUT2D eigenvalue weighted by Gasteiger charge is -2.30. The molecule has 0 bridgehead atoms. The van der Waals surface area contributed by atoms with Gasteiger partial charge in [-0.05, 0) is 24.3 Å². The summed E-state index contributed by atoms with van der Waals surface area (Å²) in [6, 6.07) is 4.05. The fourth-order valence-corrected chi connectivity index (χ4v) is 4.14. The molecule has 2 aromatic rings. The first-order valence-corrected chi connectivity index (χ1v) is 8.92. The molecule has 1 aliphatic heterocycles. The lowest BCUT2D eigenvalue weighted by molar-refractivity contribution is -0.133. The number of carbonyl (C=O) groups excluding carboxylic acids is 1. The molecule has 2 aromatic heterocycles. The number of aromatic nitrogens is 2. The predicted octanol–water partition coefficient (Wildman–Crippen LogP) is 3.82. The summed E-state index contributed by atoms with van der Waals surface area (Å²) >= 11 is 7.96. The Morgan fingerprint density at radius 1 is 1.45 bits per heavy atom. The van der Waals surface area contributed by atoms with Crippen molar-refractivity contribution in [2.24, 2.45) is 7.05 Å². The quantitative estimate of drug-likeness (QED) is 0.854. The van der Waals surface area contributed by atoms with Crippen LogP contribution in [-0.4, -0.2) is 27.1 Å². The molecule has 1 saturated heterocycles. The summed E-state index contributed by atoms with van der Waals surface area (Å²) in [5.74, 6) is 0.187. The van der Waals surface area contributed by atoms with Crippen LogP contribution in [0.25, 0.3) is 0 Å². The van der Waals surface area contributed by atoms with E-state index in [9.17, 15) is 4.79 Å². The molecule has 0 aliphatic carbocycles. The van der Waals surface area contributed by atoms with Crippen LogP contribution in [0, 0.1) is 0 Å². The summed E-state index contributed by atoms with van der Waals surface area (Å²) in [5.41, 5.74) is 0.961. The van der Waals surface area contributed by atoms with Crippen molar-refractivity contribution in [1.29, 1.82) is 0 Å². The molecule has 4 nitrogen and oxygen atoms in total. The van der Waals surface area contributed by atoms with E-state index in [1.54, 1.807) is 17.5 Å². The van der Waals surface area contributed by atoms with Crippen LogP contribution >= 0.6 is 22.9 Å². The lowest BCUT2D eigenvalue weighted by Crippen LogP contribution is -2.36. The van der Waals surface area contributed by atoms with Gasteiger partial charge in [-0.2, -0.15) is 5.10 Å². The summed E-state index contributed by atoms with van der Waals surface area (Å²) in [5, 5.41) is 6.91. The summed E-state index contributed by atoms with van der Waals surface area (Å²) in [6.07, 6.45) is 6.44. The highest BCUT2D eigenvalue weighted by Crippen LogP contribution is 2.34. The third-order valence-electron chi connectivity index (χ3n) is 4.23. The smallest absolute Gasteiger partial charge is 0.228 e. The Kier molecular flexibility index (Phi) is 4.84. The molecule has 1 fully saturated rings. The van der Waals surface area contributed by atoms with E-state index >= 15 is 0 Å². The van der Waals surface area contributed by atoms with Gasteiger partial charge < -0.3 is 4.90 Å². The number of hydrogen-bond acceptors (Lipinski definition) is 3. The molecule has 1 amide bonds. The van der Waals surface area contributed by atoms with Crippen molar-refractivity contribution < 1.29 is 4.79 Å². The number of nitrogens with zero attached hydrogens (tertiary/aromatic N) is 3. The molecule has 0 N–H and O–H groups in total. The summed E-state index contributed by atoms with van der Waals surface area (Å²) in [7, 11) is 1.90. The van der Waals surface area contributed by atoms with Crippen molar-refractivity contribution in [3.05, 3.63) is 39.3 Å². The standard InChI is InChI=1S/C16H20ClN3OS/c1-19-16(13(17)11-18-19)14-7-3-2-4-8-20(14)15(21)10-12-6-5-9-22-12/h5-6,9,11,14H,2-4,7-8,10H2,1H3/t14-/m0/s1. The maximum absolute atomic E-state index is 12.8. The van der Waals surface area contributed by atoms with Crippen molar-refractivity contribution in [2.75, 3.05) is 6.54 Å². The van der Waals surface area contributed by atoms with Gasteiger partial charge >= 0.3 is 0 Å². The van der Waals surface area contributed by atoms with E-state index in [4.69, 9.17) is 11.6 Å². The van der Waals surface area contributed by atoms with Crippen LogP contribution in [0.5, 0.6) is 0 Å². The van der Waals surface area contributed by atoms with E-state index in [0.29, 0.717) is 11.4 Å². The number of thiophene rings is 1. The Balaban J connectivity index is 1.86. The van der Waals surface area contributed by atoms with Crippen molar-refractivity contribution >= 4 is 28.8 Å². The highest BCUT2D eigenvalue weighted by molar-refractivity contribution is 7.10. The molecule has 0 radical (unpaired) electrons. The maximum Gasteiger partial charge on any atom is 0.228 e. The number of hydrogen-bond donors (Lipinski definition) is 0. The third kappa shape index (κ3) is 3.20. The zero-order valence-electron chi connectivity index (χ0n) is 12.7. The van der Waals surface area contributed by atoms with Crippen LogP contribution in [0.2, 0.25) is 5.02 Å². The van der Waals surface area contributed by atoms with E-state index < -0.39 is 0 Å². The zero-order chi connectivity index (χ0) is 15.5. The molecule has 6 heteroatoms. The zero-order valence-corrected chi connectivity index (χ0v) is 14.2. The summed E-state index contributed by atoms with van der Waals surface area (Å²) < 4.78 is 1.81. The van der Waals surface area contributed by atoms with Crippen LogP contribution in [0.4, 0.5) is 0 Å². The number of rotatable bonds is 3. The fourth-order valence-electron chi connectivity index (χ4n) is 3.15. The van der Waals surface area contributed by atoms with E-state index in [1.807, 2.05) is 34.1 Å². The Hall–Kier alpha value is -1.33. The maximum atomic E-state index is 12.8. The average molecular weight is 338 g/mol. The molecular formula is C16H20ClN3OS. The molecule has 0 saturated carbocycles. The number of halogens is 1. The van der Waals surface area contributed by atoms with Gasteiger partial charge in [0.05, 0.1) is 29.4 Å². The Morgan fingerprint density at radius 3 is 3.00 bits per heavy atom. The van der Waals surface area contributed by atoms with Gasteiger partial charge in [0.15, 0.2) is 0 Å². The SMILES string of the molecule is Cn1ncc(Cl)c1[C@@H]1CCCCCN1C(=O)Cc1cccs1. The fraction of sp³-hybridized carbons (Fsp3) is 0.500. The molecule has 118 valence electrons. The molecule has 0 unspecified atom stereocenters. The number of likely N-dealkylation sites (tertiary alicyclic amines) is 1. The minimum absolute atomic E-state index is 0.0370. The molecule has 0 aromatic carbocycles. The van der Waals surface area contributed by atoms with Crippen LogP contribution in [0.1, 0.15) is 42.3 Å². The van der Waals surface area contributed by atoms with Gasteiger partial charge in [0.2, 0.25) is 5.91 Å². The molecular weight excluding hydrogens is 318 g/mol. The van der Waals surface area contributed by atoms with Crippen LogP contribution in [0.3, 0.4) is 0 Å². The number of aryl methyl sites for hydroxylation is 1. The highest BCUT2D eigenvalue weighted by Gasteiger charge is 2.30. The van der Waals surface area contributed by atoms with Crippen molar-refractivity contribution in [3.63, 3.8) is 0 Å². The van der Waals surface area contributed by atoms with Crippen LogP contribution < -0.4 is 0 Å². The van der Waals surface area contributed by atoms with Gasteiger partial charge in [-0.15, -0.1) is 11.3 Å². The van der Waals surface area contributed by atoms with E-state index in [1.165, 1.54) is 0 Å². The first-order valence-electron chi connectivity index (χ1n) is 7.66. The van der Waals surface area contributed by atoms with Gasteiger partial charge in [-0.3, -0.25) is 9.48 Å². The van der Waals surface area contributed by atoms with Gasteiger partial charge in [-0.1, -0.05) is 30.5 Å². The Bertz CT molecular complexity index is 618. The minimum atomic E-state index is 0.0370. The first-order chi connectivity index (χ1) is 10.7. The van der Waals surface area contributed by atoms with Crippen molar-refractivity contribution in [3.8, 4) is 0 Å². The molecule has 3 heterocycles. The monoisotopic (exact) mass is 337 g/mol. The van der Waals surface area contributed by atoms with E-state index in [0.717, 1.165) is 42.8 Å². The molecule has 1 atom stereocenters. The average Bonchev–Trinajstić information content (AvgIpc) is 3.03. The summed E-state index contributed by atoms with van der Waals surface area (Å²) in [4.78, 5) is 15.9. The number of amides is 1. The first kappa shape index (κ1) is 15.6. The second-order valence-electron chi connectivity index (χ2n) is 5.71. The van der Waals surface area contributed by atoms with Gasteiger partial charge in [-0.25, -0.2) is 0 Å². The van der Waals surface area contributed by atoms with E-state index in [2.05, 4.69) is 5.10 Å². The topological polar surface area (TPSA) is 38.1 Å². The third-order valence-corrected chi connectivity index (χ3v) is 5.40. The van der Waals surface area contributed by atoms with Crippen molar-refractivity contribution in [2.45, 2.75) is 38.1 Å². The number of carbonyl (C=O) groups is 1. The normalized spacial score (nSPS) is 19.2. The highest BCUT2D eigenvalue weighted by atomic mass is 35.5. The van der Waals surface area contributed by atoms with E-state index in [-0.39, 0.29) is 11.9 Å². The summed E-state index contributed by atoms with van der Waals surface area (Å²) in [6.45, 7) is 0.802. The molecule has 1 aliphatic rings. The van der Waals surface area contributed by atoms with Gasteiger partial charge in [0.1, 0.15) is 0 Å². The lowest BCUT2D eigenvalue weighted by atomic mass is 10.1. The second-order valence-corrected chi connectivity index (χ2v) is 7.15. The predicted molar refractivity (Wildman–Crippen MR) is 89.2 cm³/mol. The Morgan fingerprint density at radius 2 is 2.32 bits per heavy atom. The van der Waals surface area contributed by atoms with Crippen LogP contribution in [-0.2, 0) is 18.3 Å². The van der Waals surface area contributed by atoms with Gasteiger partial charge in [0, 0.05) is 18.5 Å². The largest absolute Gasteiger partial charge is 0.334 e. The molecule has 22 heavy (non-hydrogen) atoms. The molecule has 3 rings (SSSR count). The second kappa shape index (κ2) is 6.84. The minimum Gasteiger partial charge on any atom is -0.334 e. The Labute approximate surface area is 139 Å². The molecule has 0 spiro atoms. The van der Waals surface area contributed by atoms with Crippen LogP contribution in [0.15, 0.2) is 23.7 Å².